The summed E-state index contributed by atoms with van der Waals surface area (Å²) in [7, 11) is 0. The number of β-lactam (4-membered cyclic amide) rings is 1. The van der Waals surface area contributed by atoms with E-state index in [1.807, 2.05) is 13.8 Å². The number of carbonyl (C=O) groups excluding carboxylic acids is 3. The van der Waals surface area contributed by atoms with Crippen molar-refractivity contribution in [2.45, 2.75) is 49.9 Å². The van der Waals surface area contributed by atoms with Crippen LogP contribution < -0.4 is 45.7 Å². The summed E-state index contributed by atoms with van der Waals surface area (Å²) in [6.45, 7) is 7.63. The standard InChI is InChI=1S/C17H23N5O5S2.Na/c1-7(2)5-27-21-9(8-6-28-16(18)19-8)12(23)20-10-13(24)22-11(15(25)26)17(3,4)29-14(10)22;/h6-7,10-11,14H,5H2,1-4H3,(H2,18,19)(H,20,23)(H,25,26);/q;+1/p-1/b21-9-;/t10-,11-,14+;/m0./s1. The van der Waals surface area contributed by atoms with E-state index in [2.05, 4.69) is 15.5 Å². The van der Waals surface area contributed by atoms with Crippen LogP contribution in [0.4, 0.5) is 5.13 Å². The average Bonchev–Trinajstić information content (AvgIpc) is 3.15. The molecule has 2 saturated heterocycles. The number of oxime groups is 1. The summed E-state index contributed by atoms with van der Waals surface area (Å²) >= 11 is 2.45. The first-order valence-corrected chi connectivity index (χ1v) is 10.7. The van der Waals surface area contributed by atoms with Crippen molar-refractivity contribution >= 4 is 51.7 Å². The number of thiazole rings is 1. The van der Waals surface area contributed by atoms with E-state index >= 15 is 0 Å². The molecule has 0 aromatic carbocycles. The number of carbonyl (C=O) groups is 3. The minimum absolute atomic E-state index is 0. The normalized spacial score (nSPS) is 24.7. The van der Waals surface area contributed by atoms with E-state index in [1.165, 1.54) is 16.7 Å². The summed E-state index contributed by atoms with van der Waals surface area (Å²) in [5, 5.41) is 19.4. The summed E-state index contributed by atoms with van der Waals surface area (Å²) in [4.78, 5) is 47.4. The number of nitrogen functional groups attached to an aromatic ring is 1. The van der Waals surface area contributed by atoms with Crippen LogP contribution in [0.15, 0.2) is 10.5 Å². The van der Waals surface area contributed by atoms with E-state index in [1.54, 1.807) is 19.2 Å². The van der Waals surface area contributed by atoms with E-state index in [0.29, 0.717) is 6.61 Å². The second-order valence-corrected chi connectivity index (χ2v) is 10.4. The molecule has 158 valence electrons. The van der Waals surface area contributed by atoms with Gasteiger partial charge in [0.15, 0.2) is 10.8 Å². The molecule has 1 aromatic heterocycles. The predicted molar refractivity (Wildman–Crippen MR) is 107 cm³/mol. The van der Waals surface area contributed by atoms with Crippen molar-refractivity contribution in [2.24, 2.45) is 11.1 Å². The zero-order chi connectivity index (χ0) is 21.5. The molecule has 3 heterocycles. The SMILES string of the molecule is CC(C)CO/N=C(\C(=O)N[C@H]1C(=O)N2[C@@H]1SC(C)(C)[C@@H]2C(=O)[O-])c1csc(N)n1.[Na+]. The molecule has 2 fully saturated rings. The van der Waals surface area contributed by atoms with Crippen LogP contribution in [0.5, 0.6) is 0 Å². The number of fused-ring (bicyclic) bond motifs is 1. The molecule has 0 aliphatic carbocycles. The summed E-state index contributed by atoms with van der Waals surface area (Å²) in [6, 6.07) is -1.93. The van der Waals surface area contributed by atoms with Gasteiger partial charge in [-0.1, -0.05) is 19.0 Å². The van der Waals surface area contributed by atoms with Crippen molar-refractivity contribution in [1.82, 2.24) is 15.2 Å². The van der Waals surface area contributed by atoms with E-state index in [4.69, 9.17) is 10.6 Å². The number of aliphatic carboxylic acids is 1. The molecule has 0 spiro atoms. The molecule has 2 aliphatic heterocycles. The van der Waals surface area contributed by atoms with Crippen LogP contribution in [0.25, 0.3) is 0 Å². The maximum atomic E-state index is 12.8. The van der Waals surface area contributed by atoms with Crippen molar-refractivity contribution in [1.29, 1.82) is 0 Å². The Morgan fingerprint density at radius 3 is 2.67 bits per heavy atom. The second-order valence-electron chi connectivity index (χ2n) is 7.73. The first-order chi connectivity index (χ1) is 13.5. The predicted octanol–water partition coefficient (Wildman–Crippen LogP) is -3.60. The maximum Gasteiger partial charge on any atom is 1.00 e. The van der Waals surface area contributed by atoms with E-state index in [-0.39, 0.29) is 52.0 Å². The van der Waals surface area contributed by atoms with Gasteiger partial charge in [-0.25, -0.2) is 4.98 Å². The van der Waals surface area contributed by atoms with Crippen LogP contribution in [-0.2, 0) is 19.2 Å². The molecule has 2 aliphatic rings. The fraction of sp³-hybridized carbons (Fsp3) is 0.588. The molecule has 30 heavy (non-hydrogen) atoms. The van der Waals surface area contributed by atoms with Crippen molar-refractivity contribution in [2.75, 3.05) is 12.3 Å². The van der Waals surface area contributed by atoms with Crippen LogP contribution in [-0.4, -0.2) is 62.2 Å². The molecule has 0 bridgehead atoms. The molecule has 3 rings (SSSR count). The molecule has 0 radical (unpaired) electrons. The number of amides is 2. The molecule has 3 atom stereocenters. The molecule has 10 nitrogen and oxygen atoms in total. The van der Waals surface area contributed by atoms with Crippen LogP contribution >= 0.6 is 23.1 Å². The molecular weight excluding hydrogens is 441 g/mol. The molecule has 1 aromatic rings. The Bertz CT molecular complexity index is 874. The van der Waals surface area contributed by atoms with Gasteiger partial charge in [-0.05, 0) is 19.8 Å². The van der Waals surface area contributed by atoms with Crippen molar-refractivity contribution in [3.63, 3.8) is 0 Å². The fourth-order valence-electron chi connectivity index (χ4n) is 3.19. The van der Waals surface area contributed by atoms with Gasteiger partial charge in [0.05, 0.1) is 12.0 Å². The van der Waals surface area contributed by atoms with Gasteiger partial charge < -0.3 is 30.7 Å². The van der Waals surface area contributed by atoms with Crippen LogP contribution in [0.3, 0.4) is 0 Å². The Hall–Kier alpha value is -1.34. The third-order valence-electron chi connectivity index (χ3n) is 4.49. The zero-order valence-electron chi connectivity index (χ0n) is 17.4. The molecule has 0 saturated carbocycles. The van der Waals surface area contributed by atoms with Gasteiger partial charge in [0.2, 0.25) is 5.91 Å². The van der Waals surface area contributed by atoms with Crippen LogP contribution in [0.2, 0.25) is 0 Å². The number of thioether (sulfide) groups is 1. The van der Waals surface area contributed by atoms with Crippen molar-refractivity contribution in [3.8, 4) is 0 Å². The first kappa shape index (κ1) is 24.9. The number of hydrogen-bond donors (Lipinski definition) is 2. The van der Waals surface area contributed by atoms with Crippen LogP contribution in [0.1, 0.15) is 33.4 Å². The minimum Gasteiger partial charge on any atom is -0.548 e. The van der Waals surface area contributed by atoms with Gasteiger partial charge in [-0.15, -0.1) is 23.1 Å². The molecule has 13 heteroatoms. The van der Waals surface area contributed by atoms with Gasteiger partial charge >= 0.3 is 29.6 Å². The summed E-state index contributed by atoms with van der Waals surface area (Å²) in [6.07, 6.45) is 0. The average molecular weight is 464 g/mol. The quantitative estimate of drug-likeness (QED) is 0.182. The van der Waals surface area contributed by atoms with Gasteiger partial charge in [0, 0.05) is 10.1 Å². The van der Waals surface area contributed by atoms with Crippen molar-refractivity contribution in [3.05, 3.63) is 11.1 Å². The summed E-state index contributed by atoms with van der Waals surface area (Å²) in [5.74, 6) is -2.24. The summed E-state index contributed by atoms with van der Waals surface area (Å²) < 4.78 is -0.737. The third-order valence-corrected chi connectivity index (χ3v) is 6.74. The Morgan fingerprint density at radius 1 is 1.47 bits per heavy atom. The number of nitrogens with two attached hydrogens (primary N) is 1. The van der Waals surface area contributed by atoms with Gasteiger partial charge in [-0.2, -0.15) is 0 Å². The number of aromatic nitrogens is 1. The van der Waals surface area contributed by atoms with Gasteiger partial charge in [0.25, 0.3) is 5.91 Å². The monoisotopic (exact) mass is 463 g/mol. The Morgan fingerprint density at radius 2 is 2.13 bits per heavy atom. The molecule has 2 amide bonds. The van der Waals surface area contributed by atoms with Gasteiger partial charge in [0.1, 0.15) is 23.7 Å². The summed E-state index contributed by atoms with van der Waals surface area (Å²) in [5.41, 5.74) is 5.80. The Kier molecular flexibility index (Phi) is 7.83. The largest absolute Gasteiger partial charge is 1.00 e. The number of carboxylic acid groups (broad SMARTS) is 1. The van der Waals surface area contributed by atoms with Crippen LogP contribution in [0, 0.1) is 5.92 Å². The number of nitrogens with zero attached hydrogens (tertiary/aromatic N) is 3. The van der Waals surface area contributed by atoms with E-state index in [0.717, 1.165) is 11.3 Å². The van der Waals surface area contributed by atoms with Crippen molar-refractivity contribution < 1.29 is 53.9 Å². The number of carboxylic acids is 1. The smallest absolute Gasteiger partial charge is 0.548 e. The molecular formula is C17H22N5NaO5S2. The maximum absolute atomic E-state index is 12.8. The molecule has 3 N–H and O–H groups in total. The number of hydrogen-bond acceptors (Lipinski definition) is 10. The Labute approximate surface area is 204 Å². The fourth-order valence-corrected chi connectivity index (χ4v) is 5.36. The number of rotatable bonds is 7. The zero-order valence-corrected chi connectivity index (χ0v) is 21.0. The van der Waals surface area contributed by atoms with E-state index < -0.39 is 40.0 Å². The minimum atomic E-state index is -1.31. The first-order valence-electron chi connectivity index (χ1n) is 8.96. The molecule has 0 unspecified atom stereocenters. The topological polar surface area (TPSA) is 150 Å². The third kappa shape index (κ3) is 4.77. The van der Waals surface area contributed by atoms with E-state index in [9.17, 15) is 19.5 Å². The second kappa shape index (κ2) is 9.43. The number of nitrogens with one attached hydrogen (secondary N) is 1. The van der Waals surface area contributed by atoms with Gasteiger partial charge in [-0.3, -0.25) is 9.59 Å². The number of anilines is 1. The Balaban J connectivity index is 0.00000320.